The van der Waals surface area contributed by atoms with E-state index in [9.17, 15) is 4.79 Å². The Morgan fingerprint density at radius 1 is 1.33 bits per heavy atom. The molecule has 0 bridgehead atoms. The van der Waals surface area contributed by atoms with Crippen molar-refractivity contribution in [2.45, 2.75) is 19.9 Å². The molecule has 2 rings (SSSR count). The van der Waals surface area contributed by atoms with E-state index in [1.807, 2.05) is 6.92 Å². The Balaban J connectivity index is 2.41. The quantitative estimate of drug-likeness (QED) is 0.799. The third-order valence-electron chi connectivity index (χ3n) is 2.56. The fraction of sp³-hybridized carbons (Fsp3) is 0.231. The van der Waals surface area contributed by atoms with Crippen LogP contribution in [0.5, 0.6) is 0 Å². The zero-order valence-corrected chi connectivity index (χ0v) is 11.4. The van der Waals surface area contributed by atoms with Crippen LogP contribution in [-0.4, -0.2) is 15.6 Å². The summed E-state index contributed by atoms with van der Waals surface area (Å²) < 4.78 is 1.68. The number of aromatic nitrogens is 2. The highest BCUT2D eigenvalue weighted by molar-refractivity contribution is 6.36. The minimum atomic E-state index is -0.159. The van der Waals surface area contributed by atoms with Gasteiger partial charge in [-0.15, -0.1) is 0 Å². The molecular weight excluding hydrogens is 271 g/mol. The standard InChI is InChI=1S/C13H12Cl2N2O/c1-2-7-17-12(5-6-16-17)13(18)10-8-9(14)3-4-11(10)15/h3-6,8H,2,7H2,1H3. The van der Waals surface area contributed by atoms with Crippen LogP contribution < -0.4 is 0 Å². The Kier molecular flexibility index (Phi) is 4.04. The average Bonchev–Trinajstić information content (AvgIpc) is 2.80. The van der Waals surface area contributed by atoms with Gasteiger partial charge in [0.15, 0.2) is 0 Å². The lowest BCUT2D eigenvalue weighted by Crippen LogP contribution is -2.11. The molecule has 0 aliphatic heterocycles. The lowest BCUT2D eigenvalue weighted by molar-refractivity contribution is 0.102. The predicted octanol–water partition coefficient (Wildman–Crippen LogP) is 3.83. The van der Waals surface area contributed by atoms with Crippen molar-refractivity contribution < 1.29 is 4.79 Å². The van der Waals surface area contributed by atoms with Crippen molar-refractivity contribution >= 4 is 29.0 Å². The zero-order valence-electron chi connectivity index (χ0n) is 9.86. The number of hydrogen-bond donors (Lipinski definition) is 0. The third kappa shape index (κ3) is 2.57. The Morgan fingerprint density at radius 2 is 2.11 bits per heavy atom. The molecule has 0 unspecified atom stereocenters. The Bertz CT molecular complexity index is 578. The van der Waals surface area contributed by atoms with E-state index in [4.69, 9.17) is 23.2 Å². The fourth-order valence-electron chi connectivity index (χ4n) is 1.73. The second-order valence-electron chi connectivity index (χ2n) is 3.89. The molecule has 1 aromatic heterocycles. The molecule has 0 amide bonds. The molecule has 18 heavy (non-hydrogen) atoms. The number of ketones is 1. The lowest BCUT2D eigenvalue weighted by atomic mass is 10.1. The normalized spacial score (nSPS) is 10.6. The molecule has 0 aliphatic rings. The first-order valence-electron chi connectivity index (χ1n) is 5.65. The van der Waals surface area contributed by atoms with E-state index in [0.717, 1.165) is 6.42 Å². The van der Waals surface area contributed by atoms with Gasteiger partial charge in [-0.1, -0.05) is 30.1 Å². The van der Waals surface area contributed by atoms with Gasteiger partial charge in [0.05, 0.1) is 5.02 Å². The highest BCUT2D eigenvalue weighted by Gasteiger charge is 2.17. The van der Waals surface area contributed by atoms with Gasteiger partial charge in [0.1, 0.15) is 5.69 Å². The topological polar surface area (TPSA) is 34.9 Å². The zero-order chi connectivity index (χ0) is 13.1. The maximum Gasteiger partial charge on any atom is 0.212 e. The van der Waals surface area contributed by atoms with Crippen LogP contribution in [0.25, 0.3) is 0 Å². The lowest BCUT2D eigenvalue weighted by Gasteiger charge is -2.07. The molecule has 0 N–H and O–H groups in total. The molecule has 0 radical (unpaired) electrons. The van der Waals surface area contributed by atoms with Crippen LogP contribution in [0.1, 0.15) is 29.4 Å². The maximum absolute atomic E-state index is 12.4. The number of hydrogen-bond acceptors (Lipinski definition) is 2. The summed E-state index contributed by atoms with van der Waals surface area (Å²) in [5.74, 6) is -0.159. The van der Waals surface area contributed by atoms with Gasteiger partial charge in [-0.2, -0.15) is 5.10 Å². The highest BCUT2D eigenvalue weighted by Crippen LogP contribution is 2.23. The van der Waals surface area contributed by atoms with E-state index >= 15 is 0 Å². The summed E-state index contributed by atoms with van der Waals surface area (Å²) in [5, 5.41) is 5.01. The second-order valence-corrected chi connectivity index (χ2v) is 4.74. The fourth-order valence-corrected chi connectivity index (χ4v) is 2.10. The van der Waals surface area contributed by atoms with Crippen molar-refractivity contribution in [3.8, 4) is 0 Å². The average molecular weight is 283 g/mol. The van der Waals surface area contributed by atoms with Gasteiger partial charge in [-0.3, -0.25) is 9.48 Å². The van der Waals surface area contributed by atoms with Crippen molar-refractivity contribution in [1.82, 2.24) is 9.78 Å². The van der Waals surface area contributed by atoms with Crippen LogP contribution >= 0.6 is 23.2 Å². The third-order valence-corrected chi connectivity index (χ3v) is 3.12. The van der Waals surface area contributed by atoms with E-state index in [0.29, 0.717) is 27.8 Å². The van der Waals surface area contributed by atoms with Crippen LogP contribution in [0.2, 0.25) is 10.0 Å². The first-order chi connectivity index (χ1) is 8.63. The van der Waals surface area contributed by atoms with E-state index in [2.05, 4.69) is 5.10 Å². The minimum Gasteiger partial charge on any atom is -0.287 e. The van der Waals surface area contributed by atoms with Crippen LogP contribution in [0.15, 0.2) is 30.5 Å². The van der Waals surface area contributed by atoms with Crippen LogP contribution in [0.3, 0.4) is 0 Å². The Hall–Kier alpha value is -1.32. The van der Waals surface area contributed by atoms with Gasteiger partial charge >= 0.3 is 0 Å². The monoisotopic (exact) mass is 282 g/mol. The van der Waals surface area contributed by atoms with Gasteiger partial charge in [-0.05, 0) is 30.7 Å². The number of aryl methyl sites for hydroxylation is 1. The summed E-state index contributed by atoms with van der Waals surface area (Å²) in [6, 6.07) is 6.55. The van der Waals surface area contributed by atoms with Crippen molar-refractivity contribution in [1.29, 1.82) is 0 Å². The number of carbonyl (C=O) groups is 1. The highest BCUT2D eigenvalue weighted by atomic mass is 35.5. The second kappa shape index (κ2) is 5.55. The maximum atomic E-state index is 12.4. The van der Waals surface area contributed by atoms with Gasteiger partial charge in [-0.25, -0.2) is 0 Å². The van der Waals surface area contributed by atoms with Crippen LogP contribution in [-0.2, 0) is 6.54 Å². The van der Waals surface area contributed by atoms with Crippen molar-refractivity contribution in [2.75, 3.05) is 0 Å². The largest absolute Gasteiger partial charge is 0.287 e. The summed E-state index contributed by atoms with van der Waals surface area (Å²) in [5.41, 5.74) is 0.933. The molecule has 3 nitrogen and oxygen atoms in total. The summed E-state index contributed by atoms with van der Waals surface area (Å²) in [7, 11) is 0. The smallest absolute Gasteiger partial charge is 0.212 e. The van der Waals surface area contributed by atoms with Crippen molar-refractivity contribution in [2.24, 2.45) is 0 Å². The molecular formula is C13H12Cl2N2O. The molecule has 5 heteroatoms. The van der Waals surface area contributed by atoms with Gasteiger partial charge in [0, 0.05) is 23.3 Å². The van der Waals surface area contributed by atoms with Gasteiger partial charge in [0.2, 0.25) is 5.78 Å². The van der Waals surface area contributed by atoms with Crippen LogP contribution in [0.4, 0.5) is 0 Å². The van der Waals surface area contributed by atoms with E-state index in [1.165, 1.54) is 0 Å². The SMILES string of the molecule is CCCn1nccc1C(=O)c1cc(Cl)ccc1Cl. The first-order valence-corrected chi connectivity index (χ1v) is 6.40. The summed E-state index contributed by atoms with van der Waals surface area (Å²) in [4.78, 5) is 12.4. The molecule has 1 aromatic carbocycles. The number of benzene rings is 1. The molecule has 0 atom stereocenters. The molecule has 1 heterocycles. The summed E-state index contributed by atoms with van der Waals surface area (Å²) >= 11 is 11.9. The molecule has 0 saturated heterocycles. The van der Waals surface area contributed by atoms with E-state index in [1.54, 1.807) is 35.1 Å². The number of halogens is 2. The number of rotatable bonds is 4. The molecule has 0 saturated carbocycles. The first kappa shape index (κ1) is 13.1. The Labute approximate surface area is 115 Å². The van der Waals surface area contributed by atoms with Gasteiger partial charge < -0.3 is 0 Å². The molecule has 0 aliphatic carbocycles. The van der Waals surface area contributed by atoms with Gasteiger partial charge in [0.25, 0.3) is 0 Å². The molecule has 2 aromatic rings. The number of carbonyl (C=O) groups excluding carboxylic acids is 1. The summed E-state index contributed by atoms with van der Waals surface area (Å²) in [6.45, 7) is 2.73. The molecule has 94 valence electrons. The van der Waals surface area contributed by atoms with Crippen molar-refractivity contribution in [3.63, 3.8) is 0 Å². The molecule has 0 fully saturated rings. The van der Waals surface area contributed by atoms with E-state index in [-0.39, 0.29) is 5.78 Å². The van der Waals surface area contributed by atoms with Crippen molar-refractivity contribution in [3.05, 3.63) is 51.8 Å². The van der Waals surface area contributed by atoms with Crippen LogP contribution in [0, 0.1) is 0 Å². The number of nitrogens with zero attached hydrogens (tertiary/aromatic N) is 2. The Morgan fingerprint density at radius 3 is 2.83 bits per heavy atom. The predicted molar refractivity (Wildman–Crippen MR) is 72.4 cm³/mol. The minimum absolute atomic E-state index is 0.159. The molecule has 0 spiro atoms. The summed E-state index contributed by atoms with van der Waals surface area (Å²) in [6.07, 6.45) is 2.52. The van der Waals surface area contributed by atoms with E-state index < -0.39 is 0 Å².